The van der Waals surface area contributed by atoms with E-state index in [0.717, 1.165) is 30.7 Å². The highest BCUT2D eigenvalue weighted by atomic mass is 16.3. The molecule has 2 aromatic rings. The average Bonchev–Trinajstić information content (AvgIpc) is 3.01. The summed E-state index contributed by atoms with van der Waals surface area (Å²) in [6, 6.07) is 6.05. The number of aromatic nitrogens is 2. The Bertz CT molecular complexity index is 570. The first-order valence-corrected chi connectivity index (χ1v) is 7.03. The molecule has 102 valence electrons. The summed E-state index contributed by atoms with van der Waals surface area (Å²) in [5.41, 5.74) is 3.16. The van der Waals surface area contributed by atoms with E-state index in [4.69, 9.17) is 0 Å². The molecule has 0 aromatic carbocycles. The number of imidazole rings is 1. The first-order chi connectivity index (χ1) is 9.24. The van der Waals surface area contributed by atoms with Crippen LogP contribution in [0.2, 0.25) is 0 Å². The van der Waals surface area contributed by atoms with Crippen LogP contribution in [0.25, 0.3) is 5.65 Å². The largest absolute Gasteiger partial charge is 0.394 e. The predicted octanol–water partition coefficient (Wildman–Crippen LogP) is 2.04. The van der Waals surface area contributed by atoms with Gasteiger partial charge in [-0.2, -0.15) is 0 Å². The van der Waals surface area contributed by atoms with Crippen LogP contribution in [0.1, 0.15) is 37.1 Å². The molecular formula is C15H21N3O. The van der Waals surface area contributed by atoms with Gasteiger partial charge in [-0.25, -0.2) is 4.98 Å². The SMILES string of the molecule is Cc1nc2ccccn2c1CNC1(CO)CCCC1. The van der Waals surface area contributed by atoms with Crippen molar-refractivity contribution in [3.63, 3.8) is 0 Å². The van der Waals surface area contributed by atoms with Crippen LogP contribution in [0.4, 0.5) is 0 Å². The molecule has 1 fully saturated rings. The van der Waals surface area contributed by atoms with Gasteiger partial charge in [0.25, 0.3) is 0 Å². The number of aliphatic hydroxyl groups excluding tert-OH is 1. The Balaban J connectivity index is 1.83. The van der Waals surface area contributed by atoms with Crippen LogP contribution in [0.15, 0.2) is 24.4 Å². The van der Waals surface area contributed by atoms with Crippen LogP contribution in [0.3, 0.4) is 0 Å². The Morgan fingerprint density at radius 1 is 1.37 bits per heavy atom. The molecule has 0 unspecified atom stereocenters. The molecule has 0 amide bonds. The van der Waals surface area contributed by atoms with Gasteiger partial charge in [0, 0.05) is 18.3 Å². The Morgan fingerprint density at radius 3 is 2.89 bits per heavy atom. The minimum absolute atomic E-state index is 0.0780. The van der Waals surface area contributed by atoms with Crippen molar-refractivity contribution in [3.8, 4) is 0 Å². The molecule has 1 aliphatic carbocycles. The number of hydrogen-bond donors (Lipinski definition) is 2. The second kappa shape index (κ2) is 4.94. The highest BCUT2D eigenvalue weighted by Gasteiger charge is 2.32. The second-order valence-corrected chi connectivity index (χ2v) is 5.57. The summed E-state index contributed by atoms with van der Waals surface area (Å²) in [6.45, 7) is 3.03. The van der Waals surface area contributed by atoms with Gasteiger partial charge in [0.05, 0.1) is 18.0 Å². The normalized spacial score (nSPS) is 18.2. The molecule has 0 saturated heterocycles. The zero-order valence-electron chi connectivity index (χ0n) is 11.4. The summed E-state index contributed by atoms with van der Waals surface area (Å²) in [5, 5.41) is 13.2. The monoisotopic (exact) mass is 259 g/mol. The molecule has 0 aliphatic heterocycles. The number of hydrogen-bond acceptors (Lipinski definition) is 3. The smallest absolute Gasteiger partial charge is 0.137 e. The zero-order valence-corrected chi connectivity index (χ0v) is 11.4. The summed E-state index contributed by atoms with van der Waals surface area (Å²) in [7, 11) is 0. The minimum Gasteiger partial charge on any atom is -0.394 e. The van der Waals surface area contributed by atoms with Gasteiger partial charge >= 0.3 is 0 Å². The van der Waals surface area contributed by atoms with Crippen LogP contribution in [0.5, 0.6) is 0 Å². The van der Waals surface area contributed by atoms with Gasteiger partial charge in [-0.1, -0.05) is 18.9 Å². The predicted molar refractivity (Wildman–Crippen MR) is 75.1 cm³/mol. The summed E-state index contributed by atoms with van der Waals surface area (Å²) in [4.78, 5) is 4.57. The standard InChI is InChI=1S/C15H21N3O/c1-12-13(18-9-5-2-6-14(18)17-12)10-16-15(11-19)7-3-4-8-15/h2,5-6,9,16,19H,3-4,7-8,10-11H2,1H3. The molecule has 0 spiro atoms. The molecule has 3 rings (SSSR count). The van der Waals surface area contributed by atoms with Crippen molar-refractivity contribution in [1.29, 1.82) is 0 Å². The van der Waals surface area contributed by atoms with Crippen LogP contribution in [-0.2, 0) is 6.54 Å². The van der Waals surface area contributed by atoms with Crippen molar-refractivity contribution in [2.24, 2.45) is 0 Å². The van der Waals surface area contributed by atoms with Gasteiger partial charge in [-0.05, 0) is 31.9 Å². The van der Waals surface area contributed by atoms with E-state index in [0.29, 0.717) is 0 Å². The van der Waals surface area contributed by atoms with Crippen molar-refractivity contribution in [2.75, 3.05) is 6.61 Å². The lowest BCUT2D eigenvalue weighted by Gasteiger charge is -2.28. The number of fused-ring (bicyclic) bond motifs is 1. The molecule has 1 saturated carbocycles. The summed E-state index contributed by atoms with van der Waals surface area (Å²) < 4.78 is 2.13. The second-order valence-electron chi connectivity index (χ2n) is 5.57. The number of nitrogens with zero attached hydrogens (tertiary/aromatic N) is 2. The lowest BCUT2D eigenvalue weighted by Crippen LogP contribution is -2.45. The first-order valence-electron chi connectivity index (χ1n) is 7.03. The minimum atomic E-state index is -0.0780. The lowest BCUT2D eigenvalue weighted by atomic mass is 9.99. The summed E-state index contributed by atoms with van der Waals surface area (Å²) >= 11 is 0. The maximum absolute atomic E-state index is 9.64. The van der Waals surface area contributed by atoms with E-state index in [2.05, 4.69) is 14.7 Å². The molecule has 2 aromatic heterocycles. The van der Waals surface area contributed by atoms with Crippen molar-refractivity contribution < 1.29 is 5.11 Å². The van der Waals surface area contributed by atoms with Gasteiger partial charge in [-0.15, -0.1) is 0 Å². The Labute approximate surface area is 113 Å². The highest BCUT2D eigenvalue weighted by molar-refractivity contribution is 5.42. The molecule has 2 N–H and O–H groups in total. The van der Waals surface area contributed by atoms with E-state index < -0.39 is 0 Å². The fourth-order valence-electron chi connectivity index (χ4n) is 3.09. The van der Waals surface area contributed by atoms with Crippen molar-refractivity contribution in [2.45, 2.75) is 44.7 Å². The van der Waals surface area contributed by atoms with E-state index in [1.165, 1.54) is 18.5 Å². The van der Waals surface area contributed by atoms with Gasteiger partial charge < -0.3 is 14.8 Å². The number of aryl methyl sites for hydroxylation is 1. The number of pyridine rings is 1. The van der Waals surface area contributed by atoms with E-state index in [1.807, 2.05) is 31.3 Å². The third-order valence-electron chi connectivity index (χ3n) is 4.32. The Hall–Kier alpha value is -1.39. The summed E-state index contributed by atoms with van der Waals surface area (Å²) in [6.07, 6.45) is 6.60. The van der Waals surface area contributed by atoms with Crippen molar-refractivity contribution in [1.82, 2.24) is 14.7 Å². The molecule has 19 heavy (non-hydrogen) atoms. The molecule has 0 atom stereocenters. The summed E-state index contributed by atoms with van der Waals surface area (Å²) in [5.74, 6) is 0. The van der Waals surface area contributed by atoms with Gasteiger partial charge in [0.1, 0.15) is 5.65 Å². The lowest BCUT2D eigenvalue weighted by molar-refractivity contribution is 0.162. The molecule has 2 heterocycles. The third-order valence-corrected chi connectivity index (χ3v) is 4.32. The third kappa shape index (κ3) is 2.26. The van der Waals surface area contributed by atoms with Crippen molar-refractivity contribution >= 4 is 5.65 Å². The molecule has 0 radical (unpaired) electrons. The Morgan fingerprint density at radius 2 is 2.16 bits per heavy atom. The van der Waals surface area contributed by atoms with Gasteiger partial charge in [0.15, 0.2) is 0 Å². The fraction of sp³-hybridized carbons (Fsp3) is 0.533. The zero-order chi connectivity index (χ0) is 13.3. The van der Waals surface area contributed by atoms with Crippen LogP contribution in [-0.4, -0.2) is 26.6 Å². The molecule has 4 nitrogen and oxygen atoms in total. The quantitative estimate of drug-likeness (QED) is 0.883. The molecule has 0 bridgehead atoms. The molecular weight excluding hydrogens is 238 g/mol. The first kappa shape index (κ1) is 12.6. The van der Waals surface area contributed by atoms with Crippen molar-refractivity contribution in [3.05, 3.63) is 35.8 Å². The van der Waals surface area contributed by atoms with Crippen LogP contribution < -0.4 is 5.32 Å². The number of aliphatic hydroxyl groups is 1. The van der Waals surface area contributed by atoms with Gasteiger partial charge in [0.2, 0.25) is 0 Å². The molecule has 1 aliphatic rings. The van der Waals surface area contributed by atoms with Crippen LogP contribution in [0, 0.1) is 6.92 Å². The highest BCUT2D eigenvalue weighted by Crippen LogP contribution is 2.29. The van der Waals surface area contributed by atoms with E-state index in [1.54, 1.807) is 0 Å². The fourth-order valence-corrected chi connectivity index (χ4v) is 3.09. The number of nitrogens with one attached hydrogen (secondary N) is 1. The molecule has 4 heteroatoms. The Kier molecular flexibility index (Phi) is 3.29. The topological polar surface area (TPSA) is 49.6 Å². The van der Waals surface area contributed by atoms with Crippen LogP contribution >= 0.6 is 0 Å². The maximum Gasteiger partial charge on any atom is 0.137 e. The number of rotatable bonds is 4. The van der Waals surface area contributed by atoms with E-state index in [9.17, 15) is 5.11 Å². The van der Waals surface area contributed by atoms with E-state index in [-0.39, 0.29) is 12.1 Å². The average molecular weight is 259 g/mol. The maximum atomic E-state index is 9.64. The van der Waals surface area contributed by atoms with E-state index >= 15 is 0 Å². The van der Waals surface area contributed by atoms with Gasteiger partial charge in [-0.3, -0.25) is 0 Å².